The summed E-state index contributed by atoms with van der Waals surface area (Å²) >= 11 is 1.70. The molecule has 0 unspecified atom stereocenters. The first-order valence-electron chi connectivity index (χ1n) is 9.29. The lowest BCUT2D eigenvalue weighted by Crippen LogP contribution is -2.55. The molecule has 0 aromatic heterocycles. The number of carbonyl (C=O) groups excluding carboxylic acids is 3. The minimum absolute atomic E-state index is 0.162. The number of imide groups is 1. The molecule has 3 amide bonds. The van der Waals surface area contributed by atoms with Crippen molar-refractivity contribution in [3.05, 3.63) is 29.8 Å². The van der Waals surface area contributed by atoms with Crippen LogP contribution in [-0.4, -0.2) is 46.2 Å². The quantitative estimate of drug-likeness (QED) is 0.775. The van der Waals surface area contributed by atoms with E-state index in [1.807, 2.05) is 51.3 Å². The van der Waals surface area contributed by atoms with Gasteiger partial charge < -0.3 is 5.32 Å². The predicted octanol–water partition coefficient (Wildman–Crippen LogP) is 1.96. The van der Waals surface area contributed by atoms with Gasteiger partial charge in [-0.15, -0.1) is 0 Å². The zero-order valence-electron chi connectivity index (χ0n) is 16.0. The van der Waals surface area contributed by atoms with Crippen LogP contribution in [0.5, 0.6) is 0 Å². The maximum absolute atomic E-state index is 13.5. The number of carbonyl (C=O) groups is 3. The molecule has 1 aromatic carbocycles. The number of anilines is 1. The van der Waals surface area contributed by atoms with Gasteiger partial charge in [-0.3, -0.25) is 24.6 Å². The number of hydrogen-bond donors (Lipinski definition) is 2. The van der Waals surface area contributed by atoms with E-state index in [9.17, 15) is 14.4 Å². The third-order valence-corrected chi connectivity index (χ3v) is 6.57. The highest BCUT2D eigenvalue weighted by atomic mass is 32.2. The summed E-state index contributed by atoms with van der Waals surface area (Å²) in [6.45, 7) is 5.59. The fraction of sp³-hybridized carbons (Fsp3) is 0.550. The molecule has 0 bridgehead atoms. The molecule has 7 heteroatoms. The van der Waals surface area contributed by atoms with Gasteiger partial charge in [0.25, 0.3) is 0 Å². The molecule has 0 saturated carbocycles. The summed E-state index contributed by atoms with van der Waals surface area (Å²) < 4.78 is 0. The Kier molecular flexibility index (Phi) is 4.16. The number of para-hydroxylation sites is 1. The topological polar surface area (TPSA) is 78.5 Å². The summed E-state index contributed by atoms with van der Waals surface area (Å²) in [5.74, 6) is -1.01. The fourth-order valence-electron chi connectivity index (χ4n) is 4.91. The van der Waals surface area contributed by atoms with Crippen LogP contribution in [0.4, 0.5) is 5.69 Å². The van der Waals surface area contributed by atoms with Crippen LogP contribution < -0.4 is 10.6 Å². The first kappa shape index (κ1) is 18.5. The molecule has 2 N–H and O–H groups in total. The Bertz CT molecular complexity index is 834. The third kappa shape index (κ3) is 2.41. The molecule has 144 valence electrons. The minimum atomic E-state index is -1.17. The largest absolute Gasteiger partial charge is 0.324 e. The second-order valence-corrected chi connectivity index (χ2v) is 9.51. The summed E-state index contributed by atoms with van der Waals surface area (Å²) in [5.41, 5.74) is -0.294. The molecular formula is C20H25N3O3S. The van der Waals surface area contributed by atoms with Gasteiger partial charge in [-0.2, -0.15) is 11.8 Å². The number of rotatable bonds is 3. The standard InChI is InChI=1S/C20H25N3O3S/c1-19(2,3)23-16(24)14-13(9-10-27-4)22-20(15(14)17(23)25)11-7-5-6-8-12(11)21-18(20)26/h5-8,13-15,22H,9-10H2,1-4H3,(H,21,26)/t13-,14-,15-,20-/m1/s1. The molecule has 2 saturated heterocycles. The van der Waals surface area contributed by atoms with Gasteiger partial charge >= 0.3 is 0 Å². The predicted molar refractivity (Wildman–Crippen MR) is 105 cm³/mol. The first-order valence-corrected chi connectivity index (χ1v) is 10.7. The third-order valence-electron chi connectivity index (χ3n) is 5.93. The van der Waals surface area contributed by atoms with Crippen LogP contribution in [0.15, 0.2) is 24.3 Å². The van der Waals surface area contributed by atoms with Crippen molar-refractivity contribution in [3.63, 3.8) is 0 Å². The van der Waals surface area contributed by atoms with E-state index in [4.69, 9.17) is 0 Å². The van der Waals surface area contributed by atoms with Crippen LogP contribution in [0.2, 0.25) is 0 Å². The fourth-order valence-corrected chi connectivity index (χ4v) is 5.40. The van der Waals surface area contributed by atoms with Crippen molar-refractivity contribution in [1.82, 2.24) is 10.2 Å². The van der Waals surface area contributed by atoms with Crippen LogP contribution in [0.25, 0.3) is 0 Å². The molecule has 0 radical (unpaired) electrons. The van der Waals surface area contributed by atoms with E-state index >= 15 is 0 Å². The van der Waals surface area contributed by atoms with Gasteiger partial charge in [0, 0.05) is 22.8 Å². The summed E-state index contributed by atoms with van der Waals surface area (Å²) in [5, 5.41) is 6.37. The van der Waals surface area contributed by atoms with Crippen molar-refractivity contribution in [1.29, 1.82) is 0 Å². The molecule has 1 spiro atoms. The Morgan fingerprint density at radius 3 is 2.52 bits per heavy atom. The smallest absolute Gasteiger partial charge is 0.250 e. The van der Waals surface area contributed by atoms with Crippen molar-refractivity contribution < 1.29 is 14.4 Å². The Balaban J connectivity index is 1.87. The molecular weight excluding hydrogens is 362 g/mol. The van der Waals surface area contributed by atoms with Gasteiger partial charge in [0.1, 0.15) is 5.54 Å². The van der Waals surface area contributed by atoms with Crippen molar-refractivity contribution in [3.8, 4) is 0 Å². The van der Waals surface area contributed by atoms with Gasteiger partial charge in [-0.1, -0.05) is 18.2 Å². The number of amides is 3. The van der Waals surface area contributed by atoms with Gasteiger partial charge in [0.15, 0.2) is 0 Å². The molecule has 4 rings (SSSR count). The molecule has 27 heavy (non-hydrogen) atoms. The van der Waals surface area contributed by atoms with Gasteiger partial charge in [0.05, 0.1) is 11.8 Å². The van der Waals surface area contributed by atoms with Crippen molar-refractivity contribution >= 4 is 35.2 Å². The molecule has 4 atom stereocenters. The van der Waals surface area contributed by atoms with Crippen molar-refractivity contribution in [2.45, 2.75) is 44.3 Å². The zero-order chi connectivity index (χ0) is 19.6. The minimum Gasteiger partial charge on any atom is -0.324 e. The zero-order valence-corrected chi connectivity index (χ0v) is 16.9. The highest BCUT2D eigenvalue weighted by molar-refractivity contribution is 7.98. The van der Waals surface area contributed by atoms with E-state index in [0.29, 0.717) is 5.69 Å². The van der Waals surface area contributed by atoms with Gasteiger partial charge in [0.2, 0.25) is 17.7 Å². The van der Waals surface area contributed by atoms with Gasteiger partial charge in [-0.05, 0) is 45.3 Å². The molecule has 3 aliphatic rings. The maximum Gasteiger partial charge on any atom is 0.250 e. The van der Waals surface area contributed by atoms with E-state index < -0.39 is 22.9 Å². The number of thioether (sulfide) groups is 1. The highest BCUT2D eigenvalue weighted by Gasteiger charge is 2.71. The summed E-state index contributed by atoms with van der Waals surface area (Å²) in [6, 6.07) is 7.25. The van der Waals surface area contributed by atoms with E-state index in [-0.39, 0.29) is 23.8 Å². The number of fused-ring (bicyclic) bond motifs is 4. The van der Waals surface area contributed by atoms with Crippen LogP contribution >= 0.6 is 11.8 Å². The lowest BCUT2D eigenvalue weighted by atomic mass is 9.76. The van der Waals surface area contributed by atoms with E-state index in [1.54, 1.807) is 11.8 Å². The van der Waals surface area contributed by atoms with E-state index in [1.165, 1.54) is 4.90 Å². The lowest BCUT2D eigenvalue weighted by Gasteiger charge is -2.34. The van der Waals surface area contributed by atoms with Gasteiger partial charge in [-0.25, -0.2) is 0 Å². The second kappa shape index (κ2) is 6.07. The summed E-state index contributed by atoms with van der Waals surface area (Å²) in [6.07, 6.45) is 2.75. The highest BCUT2D eigenvalue weighted by Crippen LogP contribution is 2.54. The molecule has 2 fully saturated rings. The Morgan fingerprint density at radius 2 is 1.85 bits per heavy atom. The lowest BCUT2D eigenvalue weighted by molar-refractivity contribution is -0.147. The van der Waals surface area contributed by atoms with E-state index in [0.717, 1.165) is 17.7 Å². The molecule has 1 aromatic rings. The Morgan fingerprint density at radius 1 is 1.15 bits per heavy atom. The number of hydrogen-bond acceptors (Lipinski definition) is 5. The monoisotopic (exact) mass is 387 g/mol. The van der Waals surface area contributed by atoms with Crippen molar-refractivity contribution in [2.24, 2.45) is 11.8 Å². The number of nitrogens with zero attached hydrogens (tertiary/aromatic N) is 1. The molecule has 3 heterocycles. The summed E-state index contributed by atoms with van der Waals surface area (Å²) in [7, 11) is 0. The average Bonchev–Trinajstić information content (AvgIpc) is 3.17. The molecule has 3 aliphatic heterocycles. The Labute approximate surface area is 163 Å². The van der Waals surface area contributed by atoms with E-state index in [2.05, 4.69) is 10.6 Å². The first-order chi connectivity index (χ1) is 12.7. The van der Waals surface area contributed by atoms with Crippen LogP contribution in [0.1, 0.15) is 32.8 Å². The van der Waals surface area contributed by atoms with Crippen LogP contribution in [-0.2, 0) is 19.9 Å². The SMILES string of the molecule is CSCC[C@H]1N[C@@]2(C(=O)Nc3ccccc32)[C@H]2C(=O)N(C(C)(C)C)C(=O)[C@H]12. The van der Waals surface area contributed by atoms with Crippen LogP contribution in [0, 0.1) is 11.8 Å². The number of likely N-dealkylation sites (tertiary alicyclic amines) is 1. The van der Waals surface area contributed by atoms with Crippen LogP contribution in [0.3, 0.4) is 0 Å². The second-order valence-electron chi connectivity index (χ2n) is 8.53. The Hall–Kier alpha value is -1.86. The van der Waals surface area contributed by atoms with Crippen molar-refractivity contribution in [2.75, 3.05) is 17.3 Å². The number of nitrogens with one attached hydrogen (secondary N) is 2. The average molecular weight is 388 g/mol. The molecule has 6 nitrogen and oxygen atoms in total. The normalized spacial score (nSPS) is 32.2. The number of benzene rings is 1. The molecule has 0 aliphatic carbocycles. The summed E-state index contributed by atoms with van der Waals surface area (Å²) in [4.78, 5) is 41.3. The maximum atomic E-state index is 13.5.